The van der Waals surface area contributed by atoms with Crippen molar-refractivity contribution in [1.82, 2.24) is 0 Å². The highest BCUT2D eigenvalue weighted by Gasteiger charge is 2.09. The fraction of sp³-hybridized carbons (Fsp3) is 0.385. The van der Waals surface area contributed by atoms with Crippen LogP contribution in [0.5, 0.6) is 5.75 Å². The monoisotopic (exact) mass is 232 g/mol. The summed E-state index contributed by atoms with van der Waals surface area (Å²) >= 11 is 0. The summed E-state index contributed by atoms with van der Waals surface area (Å²) in [5, 5.41) is 11.1. The standard InChI is InChI=1S/C13H16N2O2/c1-9(2)11-8-10(4-5-12(11)17-3)15-13(16)6-7-14/h4-5,8-9H,6H2,1-3H3,(H,15,16). The summed E-state index contributed by atoms with van der Waals surface area (Å²) in [6, 6.07) is 7.27. The fourth-order valence-electron chi connectivity index (χ4n) is 1.54. The Morgan fingerprint density at radius 1 is 1.53 bits per heavy atom. The number of carbonyl (C=O) groups excluding carboxylic acids is 1. The van der Waals surface area contributed by atoms with Gasteiger partial charge in [-0.1, -0.05) is 13.8 Å². The Bertz CT molecular complexity index is 447. The van der Waals surface area contributed by atoms with Crippen LogP contribution in [0.15, 0.2) is 18.2 Å². The summed E-state index contributed by atoms with van der Waals surface area (Å²) in [5.41, 5.74) is 1.72. The molecule has 0 saturated carbocycles. The summed E-state index contributed by atoms with van der Waals surface area (Å²) in [4.78, 5) is 11.3. The molecule has 1 rings (SSSR count). The molecule has 0 aliphatic carbocycles. The van der Waals surface area contributed by atoms with E-state index < -0.39 is 0 Å². The van der Waals surface area contributed by atoms with Crippen molar-refractivity contribution in [1.29, 1.82) is 5.26 Å². The Morgan fingerprint density at radius 3 is 2.76 bits per heavy atom. The van der Waals surface area contributed by atoms with E-state index in [-0.39, 0.29) is 12.3 Å². The van der Waals surface area contributed by atoms with Crippen molar-refractivity contribution in [2.45, 2.75) is 26.2 Å². The molecule has 0 spiro atoms. The summed E-state index contributed by atoms with van der Waals surface area (Å²) in [6.07, 6.45) is -0.136. The quantitative estimate of drug-likeness (QED) is 0.868. The largest absolute Gasteiger partial charge is 0.496 e. The molecule has 0 fully saturated rings. The second-order valence-electron chi connectivity index (χ2n) is 3.99. The van der Waals surface area contributed by atoms with Gasteiger partial charge in [-0.05, 0) is 29.7 Å². The Balaban J connectivity index is 2.93. The lowest BCUT2D eigenvalue weighted by atomic mass is 10.0. The molecule has 0 radical (unpaired) electrons. The molecule has 0 aromatic heterocycles. The molecule has 1 aromatic rings. The first kappa shape index (κ1) is 13.0. The third-order valence-electron chi connectivity index (χ3n) is 2.38. The van der Waals surface area contributed by atoms with E-state index in [1.165, 1.54) is 0 Å². The van der Waals surface area contributed by atoms with Crippen molar-refractivity contribution < 1.29 is 9.53 Å². The van der Waals surface area contributed by atoms with Crippen LogP contribution in [-0.2, 0) is 4.79 Å². The molecule has 17 heavy (non-hydrogen) atoms. The molecule has 1 aromatic carbocycles. The maximum absolute atomic E-state index is 11.3. The van der Waals surface area contributed by atoms with Gasteiger partial charge < -0.3 is 10.1 Å². The van der Waals surface area contributed by atoms with E-state index in [2.05, 4.69) is 19.2 Å². The molecule has 0 unspecified atom stereocenters. The van der Waals surface area contributed by atoms with Crippen LogP contribution in [0.2, 0.25) is 0 Å². The Hall–Kier alpha value is -2.02. The molecule has 0 heterocycles. The first-order chi connectivity index (χ1) is 8.08. The zero-order chi connectivity index (χ0) is 12.8. The molecule has 1 amide bonds. The van der Waals surface area contributed by atoms with Gasteiger partial charge in [0.15, 0.2) is 0 Å². The second-order valence-corrected chi connectivity index (χ2v) is 3.99. The highest BCUT2D eigenvalue weighted by atomic mass is 16.5. The highest BCUT2D eigenvalue weighted by molar-refractivity contribution is 5.92. The number of nitriles is 1. The lowest BCUT2D eigenvalue weighted by Gasteiger charge is -2.13. The number of hydrogen-bond donors (Lipinski definition) is 1. The third kappa shape index (κ3) is 3.49. The van der Waals surface area contributed by atoms with Crippen molar-refractivity contribution >= 4 is 11.6 Å². The predicted molar refractivity (Wildman–Crippen MR) is 65.9 cm³/mol. The minimum absolute atomic E-state index is 0.136. The fourth-order valence-corrected chi connectivity index (χ4v) is 1.54. The molecule has 0 aliphatic rings. The Morgan fingerprint density at radius 2 is 2.24 bits per heavy atom. The molecule has 0 saturated heterocycles. The number of carbonyl (C=O) groups is 1. The molecule has 90 valence electrons. The smallest absolute Gasteiger partial charge is 0.238 e. The van der Waals surface area contributed by atoms with Crippen molar-refractivity contribution in [3.8, 4) is 11.8 Å². The average molecular weight is 232 g/mol. The van der Waals surface area contributed by atoms with Gasteiger partial charge in [-0.3, -0.25) is 4.79 Å². The molecule has 0 bridgehead atoms. The summed E-state index contributed by atoms with van der Waals surface area (Å²) in [5.74, 6) is 0.809. The van der Waals surface area contributed by atoms with Gasteiger partial charge in [-0.25, -0.2) is 0 Å². The van der Waals surface area contributed by atoms with Gasteiger partial charge in [0.1, 0.15) is 12.2 Å². The van der Waals surface area contributed by atoms with E-state index in [4.69, 9.17) is 10.00 Å². The number of amides is 1. The predicted octanol–water partition coefficient (Wildman–Crippen LogP) is 2.67. The molecular formula is C13H16N2O2. The number of benzene rings is 1. The molecule has 1 N–H and O–H groups in total. The van der Waals surface area contributed by atoms with Crippen LogP contribution in [0, 0.1) is 11.3 Å². The van der Waals surface area contributed by atoms with E-state index in [0.29, 0.717) is 11.6 Å². The molecular weight excluding hydrogens is 216 g/mol. The second kappa shape index (κ2) is 5.90. The summed E-state index contributed by atoms with van der Waals surface area (Å²) in [6.45, 7) is 4.11. The normalized spacial score (nSPS) is 9.82. The molecule has 0 atom stereocenters. The number of anilines is 1. The van der Waals surface area contributed by atoms with E-state index in [1.807, 2.05) is 18.2 Å². The molecule has 0 aliphatic heterocycles. The van der Waals surface area contributed by atoms with Crippen molar-refractivity contribution in [3.63, 3.8) is 0 Å². The molecule has 4 nitrogen and oxygen atoms in total. The summed E-state index contributed by atoms with van der Waals surface area (Å²) < 4.78 is 5.25. The van der Waals surface area contributed by atoms with Gasteiger partial charge >= 0.3 is 0 Å². The van der Waals surface area contributed by atoms with Crippen LogP contribution in [0.4, 0.5) is 5.69 Å². The minimum Gasteiger partial charge on any atom is -0.496 e. The van der Waals surface area contributed by atoms with Crippen LogP contribution in [0.3, 0.4) is 0 Å². The number of ether oxygens (including phenoxy) is 1. The van der Waals surface area contributed by atoms with Crippen molar-refractivity contribution in [2.24, 2.45) is 0 Å². The lowest BCUT2D eigenvalue weighted by Crippen LogP contribution is -2.10. The average Bonchev–Trinajstić information content (AvgIpc) is 2.29. The van der Waals surface area contributed by atoms with Gasteiger partial charge in [0.05, 0.1) is 13.2 Å². The zero-order valence-corrected chi connectivity index (χ0v) is 10.3. The van der Waals surface area contributed by atoms with E-state index >= 15 is 0 Å². The third-order valence-corrected chi connectivity index (χ3v) is 2.38. The van der Waals surface area contributed by atoms with Gasteiger partial charge in [0, 0.05) is 5.69 Å². The maximum atomic E-state index is 11.3. The van der Waals surface area contributed by atoms with E-state index in [9.17, 15) is 4.79 Å². The van der Waals surface area contributed by atoms with Crippen LogP contribution in [0.1, 0.15) is 31.7 Å². The van der Waals surface area contributed by atoms with Crippen molar-refractivity contribution in [2.75, 3.05) is 12.4 Å². The van der Waals surface area contributed by atoms with E-state index in [1.54, 1.807) is 13.2 Å². The maximum Gasteiger partial charge on any atom is 0.238 e. The van der Waals surface area contributed by atoms with Gasteiger partial charge in [0.25, 0.3) is 0 Å². The zero-order valence-electron chi connectivity index (χ0n) is 10.3. The Kier molecular flexibility index (Phi) is 4.53. The number of rotatable bonds is 4. The number of hydrogen-bond acceptors (Lipinski definition) is 3. The number of methoxy groups -OCH3 is 1. The van der Waals surface area contributed by atoms with Gasteiger partial charge in [-0.15, -0.1) is 0 Å². The minimum atomic E-state index is -0.299. The first-order valence-corrected chi connectivity index (χ1v) is 5.43. The highest BCUT2D eigenvalue weighted by Crippen LogP contribution is 2.29. The number of nitrogens with one attached hydrogen (secondary N) is 1. The van der Waals surface area contributed by atoms with E-state index in [0.717, 1.165) is 11.3 Å². The number of nitrogens with zero attached hydrogens (tertiary/aromatic N) is 1. The van der Waals surface area contributed by atoms with Gasteiger partial charge in [-0.2, -0.15) is 5.26 Å². The Labute approximate surface area is 101 Å². The molecule has 4 heteroatoms. The SMILES string of the molecule is COc1ccc(NC(=O)CC#N)cc1C(C)C. The van der Waals surface area contributed by atoms with Crippen LogP contribution < -0.4 is 10.1 Å². The first-order valence-electron chi connectivity index (χ1n) is 5.43. The van der Waals surface area contributed by atoms with Gasteiger partial charge in [0.2, 0.25) is 5.91 Å². The topological polar surface area (TPSA) is 62.1 Å². The lowest BCUT2D eigenvalue weighted by molar-refractivity contribution is -0.115. The van der Waals surface area contributed by atoms with Crippen molar-refractivity contribution in [3.05, 3.63) is 23.8 Å². The van der Waals surface area contributed by atoms with Crippen LogP contribution in [0.25, 0.3) is 0 Å². The summed E-state index contributed by atoms with van der Waals surface area (Å²) in [7, 11) is 1.62. The van der Waals surface area contributed by atoms with Crippen LogP contribution in [-0.4, -0.2) is 13.0 Å². The van der Waals surface area contributed by atoms with Crippen LogP contribution >= 0.6 is 0 Å².